The number of alkyl halides is 3. The van der Waals surface area contributed by atoms with Crippen molar-refractivity contribution in [3.05, 3.63) is 28.5 Å². The number of pyridine rings is 1. The van der Waals surface area contributed by atoms with Crippen molar-refractivity contribution in [2.24, 2.45) is 0 Å². The maximum atomic E-state index is 12.2. The molecule has 8 heteroatoms. The van der Waals surface area contributed by atoms with Gasteiger partial charge in [0.05, 0.1) is 6.54 Å². The van der Waals surface area contributed by atoms with E-state index in [9.17, 15) is 18.0 Å². The first-order chi connectivity index (χ1) is 9.41. The van der Waals surface area contributed by atoms with E-state index < -0.39 is 24.7 Å². The van der Waals surface area contributed by atoms with Gasteiger partial charge in [-0.2, -0.15) is 13.2 Å². The Balaban J connectivity index is 2.86. The summed E-state index contributed by atoms with van der Waals surface area (Å²) in [5.41, 5.74) is 0.261. The lowest BCUT2D eigenvalue weighted by Gasteiger charge is -2.19. The summed E-state index contributed by atoms with van der Waals surface area (Å²) in [7, 11) is 0. The van der Waals surface area contributed by atoms with Crippen molar-refractivity contribution in [3.8, 4) is 0 Å². The molecule has 0 spiro atoms. The second-order valence-corrected chi connectivity index (χ2v) is 5.97. The highest BCUT2D eigenvalue weighted by Crippen LogP contribution is 2.23. The predicted octanol–water partition coefficient (Wildman–Crippen LogP) is 2.69. The molecule has 0 radical (unpaired) electrons. The van der Waals surface area contributed by atoms with Crippen LogP contribution < -0.4 is 5.32 Å². The number of hydrogen-bond donors (Lipinski definition) is 2. The van der Waals surface area contributed by atoms with Crippen molar-refractivity contribution in [3.63, 3.8) is 0 Å². The van der Waals surface area contributed by atoms with Crippen molar-refractivity contribution >= 4 is 17.5 Å². The molecule has 0 fully saturated rings. The van der Waals surface area contributed by atoms with E-state index in [1.165, 1.54) is 12.1 Å². The van der Waals surface area contributed by atoms with Gasteiger partial charge in [-0.3, -0.25) is 4.79 Å². The number of carbonyl (C=O) groups excluding carboxylic acids is 1. The number of nitrogens with zero attached hydrogens (tertiary/aromatic N) is 1. The van der Waals surface area contributed by atoms with Gasteiger partial charge in [0.15, 0.2) is 6.10 Å². The van der Waals surface area contributed by atoms with Crippen LogP contribution in [-0.4, -0.2) is 34.8 Å². The monoisotopic (exact) mass is 324 g/mol. The third-order valence-corrected chi connectivity index (χ3v) is 2.85. The Bertz CT molecular complexity index is 527. The van der Waals surface area contributed by atoms with Gasteiger partial charge >= 0.3 is 6.18 Å². The van der Waals surface area contributed by atoms with E-state index in [1.807, 2.05) is 26.1 Å². The van der Waals surface area contributed by atoms with Gasteiger partial charge in [-0.1, -0.05) is 32.4 Å². The Morgan fingerprint density at radius 3 is 2.43 bits per heavy atom. The van der Waals surface area contributed by atoms with Crippen LogP contribution in [0, 0.1) is 0 Å². The first kappa shape index (κ1) is 17.7. The molecule has 1 amide bonds. The number of amides is 1. The van der Waals surface area contributed by atoms with Crippen LogP contribution in [0.15, 0.2) is 12.1 Å². The number of aromatic nitrogens is 1. The number of aliphatic hydroxyl groups excluding tert-OH is 1. The highest BCUT2D eigenvalue weighted by Gasteiger charge is 2.38. The first-order valence-electron chi connectivity index (χ1n) is 6.12. The summed E-state index contributed by atoms with van der Waals surface area (Å²) in [6.45, 7) is 4.66. The number of rotatable bonds is 3. The summed E-state index contributed by atoms with van der Waals surface area (Å²) < 4.78 is 36.5. The molecule has 1 heterocycles. The molecule has 0 aliphatic heterocycles. The summed E-state index contributed by atoms with van der Waals surface area (Å²) in [4.78, 5) is 15.9. The van der Waals surface area contributed by atoms with E-state index in [0.29, 0.717) is 5.69 Å². The summed E-state index contributed by atoms with van der Waals surface area (Å²) in [5.74, 6) is -0.756. The number of nitrogens with one attached hydrogen (secondary N) is 1. The molecule has 0 aromatic carbocycles. The second-order valence-electron chi connectivity index (χ2n) is 5.58. The maximum absolute atomic E-state index is 12.2. The van der Waals surface area contributed by atoms with Gasteiger partial charge < -0.3 is 10.4 Å². The lowest BCUT2D eigenvalue weighted by molar-refractivity contribution is -0.201. The standard InChI is InChI=1S/C13H16ClF3N2O2/c1-12(2,3)8-4-7(5-10(14)19-8)11(21)18-6-9(20)13(15,16)17/h4-5,9,20H,6H2,1-3H3,(H,18,21). The lowest BCUT2D eigenvalue weighted by atomic mass is 9.91. The zero-order valence-electron chi connectivity index (χ0n) is 11.8. The van der Waals surface area contributed by atoms with Crippen LogP contribution in [0.25, 0.3) is 0 Å². The van der Waals surface area contributed by atoms with Gasteiger partial charge in [0.2, 0.25) is 0 Å². The van der Waals surface area contributed by atoms with Crippen LogP contribution in [0.4, 0.5) is 13.2 Å². The summed E-state index contributed by atoms with van der Waals surface area (Å²) >= 11 is 5.81. The fraction of sp³-hybridized carbons (Fsp3) is 0.538. The summed E-state index contributed by atoms with van der Waals surface area (Å²) in [5, 5.41) is 10.9. The molecule has 0 saturated heterocycles. The van der Waals surface area contributed by atoms with Gasteiger partial charge in [0.25, 0.3) is 5.91 Å². The highest BCUT2D eigenvalue weighted by molar-refractivity contribution is 6.29. The van der Waals surface area contributed by atoms with Crippen molar-refractivity contribution in [2.45, 2.75) is 38.5 Å². The van der Waals surface area contributed by atoms with Crippen molar-refractivity contribution < 1.29 is 23.1 Å². The quantitative estimate of drug-likeness (QED) is 0.840. The number of hydrogen-bond acceptors (Lipinski definition) is 3. The average Bonchev–Trinajstić information content (AvgIpc) is 2.32. The van der Waals surface area contributed by atoms with E-state index in [0.717, 1.165) is 0 Å². The third-order valence-electron chi connectivity index (χ3n) is 2.66. The van der Waals surface area contributed by atoms with E-state index >= 15 is 0 Å². The molecular formula is C13H16ClF3N2O2. The Kier molecular flexibility index (Phi) is 5.22. The van der Waals surface area contributed by atoms with E-state index in [4.69, 9.17) is 16.7 Å². The molecule has 1 atom stereocenters. The van der Waals surface area contributed by atoms with Crippen LogP contribution >= 0.6 is 11.6 Å². The number of carbonyl (C=O) groups is 1. The fourth-order valence-electron chi connectivity index (χ4n) is 1.42. The van der Waals surface area contributed by atoms with E-state index in [1.54, 1.807) is 0 Å². The first-order valence-corrected chi connectivity index (χ1v) is 6.50. The fourth-order valence-corrected chi connectivity index (χ4v) is 1.63. The molecule has 0 bridgehead atoms. The molecule has 0 aliphatic carbocycles. The van der Waals surface area contributed by atoms with Crippen molar-refractivity contribution in [2.75, 3.05) is 6.54 Å². The maximum Gasteiger partial charge on any atom is 0.416 e. The minimum atomic E-state index is -4.78. The zero-order chi connectivity index (χ0) is 16.4. The molecule has 1 aromatic heterocycles. The molecule has 1 aromatic rings. The van der Waals surface area contributed by atoms with Crippen molar-refractivity contribution in [1.82, 2.24) is 10.3 Å². The largest absolute Gasteiger partial charge is 0.416 e. The van der Waals surface area contributed by atoms with Crippen LogP contribution in [0.2, 0.25) is 5.15 Å². The number of aliphatic hydroxyl groups is 1. The molecular weight excluding hydrogens is 309 g/mol. The van der Waals surface area contributed by atoms with Crippen LogP contribution in [-0.2, 0) is 5.41 Å². The van der Waals surface area contributed by atoms with Gasteiger partial charge in [0, 0.05) is 16.7 Å². The van der Waals surface area contributed by atoms with E-state index in [-0.39, 0.29) is 16.1 Å². The van der Waals surface area contributed by atoms with Gasteiger partial charge in [0.1, 0.15) is 5.15 Å². The van der Waals surface area contributed by atoms with Crippen LogP contribution in [0.3, 0.4) is 0 Å². The van der Waals surface area contributed by atoms with Gasteiger partial charge in [-0.05, 0) is 12.1 Å². The van der Waals surface area contributed by atoms with Gasteiger partial charge in [-0.25, -0.2) is 4.98 Å². The SMILES string of the molecule is CC(C)(C)c1cc(C(=O)NCC(O)C(F)(F)F)cc(Cl)n1. The molecule has 1 unspecified atom stereocenters. The molecule has 0 saturated carbocycles. The molecule has 2 N–H and O–H groups in total. The van der Waals surface area contributed by atoms with E-state index in [2.05, 4.69) is 4.98 Å². The highest BCUT2D eigenvalue weighted by atomic mass is 35.5. The third kappa shape index (κ3) is 5.17. The minimum Gasteiger partial charge on any atom is -0.382 e. The Labute approximate surface area is 125 Å². The smallest absolute Gasteiger partial charge is 0.382 e. The van der Waals surface area contributed by atoms with Crippen molar-refractivity contribution in [1.29, 1.82) is 0 Å². The Morgan fingerprint density at radius 1 is 1.38 bits per heavy atom. The van der Waals surface area contributed by atoms with Crippen LogP contribution in [0.1, 0.15) is 36.8 Å². The lowest BCUT2D eigenvalue weighted by Crippen LogP contribution is -2.40. The molecule has 118 valence electrons. The Hall–Kier alpha value is -1.34. The molecule has 21 heavy (non-hydrogen) atoms. The normalized spacial score (nSPS) is 13.9. The molecule has 4 nitrogen and oxygen atoms in total. The molecule has 1 rings (SSSR count). The number of halogens is 4. The Morgan fingerprint density at radius 2 is 1.95 bits per heavy atom. The molecule has 0 aliphatic rings. The average molecular weight is 325 g/mol. The minimum absolute atomic E-state index is 0.0731. The topological polar surface area (TPSA) is 62.2 Å². The van der Waals surface area contributed by atoms with Gasteiger partial charge in [-0.15, -0.1) is 0 Å². The zero-order valence-corrected chi connectivity index (χ0v) is 12.5. The predicted molar refractivity (Wildman–Crippen MR) is 72.3 cm³/mol. The van der Waals surface area contributed by atoms with Crippen LogP contribution in [0.5, 0.6) is 0 Å². The summed E-state index contributed by atoms with van der Waals surface area (Å²) in [6, 6.07) is 2.72. The summed E-state index contributed by atoms with van der Waals surface area (Å²) in [6.07, 6.45) is -7.39. The second kappa shape index (κ2) is 6.19.